The van der Waals surface area contributed by atoms with Crippen LogP contribution in [0.1, 0.15) is 41.6 Å². The zero-order valence-corrected chi connectivity index (χ0v) is 17.9. The number of nitrogens with zero attached hydrogens (tertiary/aromatic N) is 3. The molecule has 2 atom stereocenters. The van der Waals surface area contributed by atoms with Crippen molar-refractivity contribution in [3.05, 3.63) is 41.0 Å². The van der Waals surface area contributed by atoms with E-state index in [2.05, 4.69) is 15.5 Å². The van der Waals surface area contributed by atoms with Crippen LogP contribution in [-0.4, -0.2) is 61.6 Å². The Hall–Kier alpha value is -2.30. The van der Waals surface area contributed by atoms with Gasteiger partial charge in [0.15, 0.2) is 5.82 Å². The summed E-state index contributed by atoms with van der Waals surface area (Å²) in [6, 6.07) is 4.90. The van der Waals surface area contributed by atoms with E-state index < -0.39 is 16.1 Å². The number of sulfonamides is 1. The van der Waals surface area contributed by atoms with Crippen molar-refractivity contribution in [3.63, 3.8) is 0 Å². The second-order valence-electron chi connectivity index (χ2n) is 7.83. The number of ether oxygens (including phenoxy) is 1. The minimum absolute atomic E-state index is 0.107. The molecule has 1 saturated heterocycles. The highest BCUT2D eigenvalue weighted by Crippen LogP contribution is 2.32. The van der Waals surface area contributed by atoms with Crippen LogP contribution in [0.4, 0.5) is 0 Å². The van der Waals surface area contributed by atoms with Crippen LogP contribution in [0.2, 0.25) is 0 Å². The van der Waals surface area contributed by atoms with Gasteiger partial charge in [-0.25, -0.2) is 8.42 Å². The number of hydrogen-bond donors (Lipinski definition) is 1. The lowest BCUT2D eigenvalue weighted by molar-refractivity contribution is -0.125. The Labute approximate surface area is 175 Å². The van der Waals surface area contributed by atoms with Crippen molar-refractivity contribution < 1.29 is 22.5 Å². The number of benzene rings is 1. The summed E-state index contributed by atoms with van der Waals surface area (Å²) < 4.78 is 38.3. The summed E-state index contributed by atoms with van der Waals surface area (Å²) >= 11 is 0. The fourth-order valence-corrected chi connectivity index (χ4v) is 5.82. The van der Waals surface area contributed by atoms with Gasteiger partial charge < -0.3 is 14.6 Å². The highest BCUT2D eigenvalue weighted by atomic mass is 32.2. The van der Waals surface area contributed by atoms with Gasteiger partial charge in [0.1, 0.15) is 6.61 Å². The number of carbonyl (C=O) groups excluding carboxylic acids is 1. The van der Waals surface area contributed by atoms with Crippen molar-refractivity contribution in [2.75, 3.05) is 26.8 Å². The number of fused-ring (bicyclic) bond motifs is 1. The van der Waals surface area contributed by atoms with Gasteiger partial charge in [-0.1, -0.05) is 11.2 Å². The quantitative estimate of drug-likeness (QED) is 0.726. The van der Waals surface area contributed by atoms with Gasteiger partial charge in [-0.15, -0.1) is 0 Å². The van der Waals surface area contributed by atoms with Crippen LogP contribution >= 0.6 is 0 Å². The molecule has 1 aromatic heterocycles. The molecular weight excluding hydrogens is 408 g/mol. The van der Waals surface area contributed by atoms with Gasteiger partial charge in [0, 0.05) is 20.2 Å². The number of hydrogen-bond acceptors (Lipinski definition) is 7. The Bertz CT molecular complexity index is 1040. The lowest BCUT2D eigenvalue weighted by Crippen LogP contribution is -2.53. The maximum Gasteiger partial charge on any atom is 0.246 e. The van der Waals surface area contributed by atoms with Crippen molar-refractivity contribution in [3.8, 4) is 0 Å². The third-order valence-corrected chi connectivity index (χ3v) is 7.63. The van der Waals surface area contributed by atoms with Crippen molar-refractivity contribution in [2.24, 2.45) is 0 Å². The van der Waals surface area contributed by atoms with E-state index in [1.54, 1.807) is 19.1 Å². The first-order valence-corrected chi connectivity index (χ1v) is 11.5. The molecule has 162 valence electrons. The average molecular weight is 435 g/mol. The van der Waals surface area contributed by atoms with Gasteiger partial charge in [-0.05, 0) is 55.9 Å². The lowest BCUT2D eigenvalue weighted by Gasteiger charge is -2.36. The largest absolute Gasteiger partial charge is 0.375 e. The number of amides is 1. The van der Waals surface area contributed by atoms with Gasteiger partial charge in [-0.2, -0.15) is 9.29 Å². The molecule has 0 bridgehead atoms. The Balaban J connectivity index is 1.58. The van der Waals surface area contributed by atoms with Crippen LogP contribution in [0.15, 0.2) is 27.6 Å². The second kappa shape index (κ2) is 8.44. The summed E-state index contributed by atoms with van der Waals surface area (Å²) in [7, 11) is -2.25. The van der Waals surface area contributed by atoms with Gasteiger partial charge >= 0.3 is 0 Å². The van der Waals surface area contributed by atoms with Crippen LogP contribution in [0, 0.1) is 6.92 Å². The molecule has 1 amide bonds. The summed E-state index contributed by atoms with van der Waals surface area (Å²) in [6.45, 7) is 2.05. The number of nitrogens with one attached hydrogen (secondary N) is 1. The van der Waals surface area contributed by atoms with Gasteiger partial charge in [0.2, 0.25) is 21.8 Å². The highest BCUT2D eigenvalue weighted by Gasteiger charge is 2.39. The fourth-order valence-electron chi connectivity index (χ4n) is 4.28. The van der Waals surface area contributed by atoms with Crippen molar-refractivity contribution in [1.82, 2.24) is 19.8 Å². The molecule has 2 aliphatic rings. The Morgan fingerprint density at radius 1 is 1.33 bits per heavy atom. The lowest BCUT2D eigenvalue weighted by atomic mass is 9.92. The van der Waals surface area contributed by atoms with Crippen molar-refractivity contribution >= 4 is 15.9 Å². The minimum Gasteiger partial charge on any atom is -0.375 e. The summed E-state index contributed by atoms with van der Waals surface area (Å²) in [5.74, 6) is 0.323. The standard InChI is InChI=1S/C20H26N4O5S/c1-13-21-20(29-23-13)17-8-9-24(11-18(17)22-19(25)12-28-2)30(26,27)16-7-6-14-4-3-5-15(14)10-16/h6-7,10,17-18H,3-5,8-9,11-12H2,1-2H3,(H,22,25)/t17-,18+/m0/s1. The van der Waals surface area contributed by atoms with Crippen molar-refractivity contribution in [1.29, 1.82) is 0 Å². The van der Waals surface area contributed by atoms with E-state index in [1.807, 2.05) is 6.07 Å². The van der Waals surface area contributed by atoms with Gasteiger partial charge in [0.25, 0.3) is 0 Å². The molecule has 0 unspecified atom stereocenters. The Kier molecular flexibility index (Phi) is 5.90. The average Bonchev–Trinajstić information content (AvgIpc) is 3.36. The normalized spacial score (nSPS) is 22.1. The molecule has 9 nitrogen and oxygen atoms in total. The predicted octanol–water partition coefficient (Wildman–Crippen LogP) is 1.18. The van der Waals surface area contributed by atoms with Crippen LogP contribution in [-0.2, 0) is 32.4 Å². The zero-order chi connectivity index (χ0) is 21.3. The molecular formula is C20H26N4O5S. The molecule has 1 aliphatic carbocycles. The monoisotopic (exact) mass is 434 g/mol. The number of rotatable bonds is 6. The molecule has 10 heteroatoms. The number of aryl methyl sites for hydroxylation is 3. The van der Waals surface area contributed by atoms with Gasteiger partial charge in [0.05, 0.1) is 16.9 Å². The molecule has 1 fully saturated rings. The Morgan fingerprint density at radius 3 is 2.87 bits per heavy atom. The third-order valence-electron chi connectivity index (χ3n) is 5.77. The number of piperidine rings is 1. The van der Waals surface area contributed by atoms with Gasteiger partial charge in [-0.3, -0.25) is 4.79 Å². The molecule has 0 radical (unpaired) electrons. The summed E-state index contributed by atoms with van der Waals surface area (Å²) in [6.07, 6.45) is 3.43. The van der Waals surface area contributed by atoms with Crippen LogP contribution in [0.5, 0.6) is 0 Å². The van der Waals surface area contributed by atoms with E-state index in [9.17, 15) is 13.2 Å². The van der Waals surface area contributed by atoms with E-state index >= 15 is 0 Å². The highest BCUT2D eigenvalue weighted by molar-refractivity contribution is 7.89. The second-order valence-corrected chi connectivity index (χ2v) is 9.77. The number of carbonyl (C=O) groups is 1. The third kappa shape index (κ3) is 4.12. The summed E-state index contributed by atoms with van der Waals surface area (Å²) in [5.41, 5.74) is 2.33. The van der Waals surface area contributed by atoms with E-state index in [0.29, 0.717) is 29.6 Å². The molecule has 2 heterocycles. The molecule has 4 rings (SSSR count). The molecule has 1 aliphatic heterocycles. The SMILES string of the molecule is COCC(=O)N[C@@H]1CN(S(=O)(=O)c2ccc3c(c2)CCC3)CC[C@@H]1c1nc(C)no1. The van der Waals surface area contributed by atoms with E-state index in [4.69, 9.17) is 9.26 Å². The molecule has 2 aromatic rings. The smallest absolute Gasteiger partial charge is 0.246 e. The van der Waals surface area contributed by atoms with Crippen molar-refractivity contribution in [2.45, 2.75) is 49.5 Å². The first-order chi connectivity index (χ1) is 14.4. The molecule has 30 heavy (non-hydrogen) atoms. The molecule has 0 saturated carbocycles. The zero-order valence-electron chi connectivity index (χ0n) is 17.1. The summed E-state index contributed by atoms with van der Waals surface area (Å²) in [5, 5.41) is 6.71. The van der Waals surface area contributed by atoms with E-state index in [0.717, 1.165) is 24.8 Å². The Morgan fingerprint density at radius 2 is 2.13 bits per heavy atom. The number of methoxy groups -OCH3 is 1. The predicted molar refractivity (Wildman–Crippen MR) is 107 cm³/mol. The molecule has 1 aromatic carbocycles. The van der Waals surface area contributed by atoms with Crippen LogP contribution in [0.3, 0.4) is 0 Å². The topological polar surface area (TPSA) is 115 Å². The maximum absolute atomic E-state index is 13.3. The molecule has 0 spiro atoms. The first kappa shape index (κ1) is 21.0. The summed E-state index contributed by atoms with van der Waals surface area (Å²) in [4.78, 5) is 16.8. The maximum atomic E-state index is 13.3. The van der Waals surface area contributed by atoms with E-state index in [1.165, 1.54) is 17.0 Å². The van der Waals surface area contributed by atoms with Crippen LogP contribution in [0.25, 0.3) is 0 Å². The first-order valence-electron chi connectivity index (χ1n) is 10.1. The number of aromatic nitrogens is 2. The van der Waals surface area contributed by atoms with Crippen LogP contribution < -0.4 is 5.32 Å². The molecule has 1 N–H and O–H groups in total. The van der Waals surface area contributed by atoms with E-state index in [-0.39, 0.29) is 25.0 Å². The fraction of sp³-hybridized carbons (Fsp3) is 0.550. The minimum atomic E-state index is -3.68.